The van der Waals surface area contributed by atoms with E-state index in [9.17, 15) is 9.90 Å². The number of anilines is 1. The van der Waals surface area contributed by atoms with E-state index in [-0.39, 0.29) is 11.7 Å². The lowest BCUT2D eigenvalue weighted by molar-refractivity contribution is 0.0784. The van der Waals surface area contributed by atoms with E-state index in [1.54, 1.807) is 30.1 Å². The van der Waals surface area contributed by atoms with Crippen molar-refractivity contribution in [3.8, 4) is 5.75 Å². The van der Waals surface area contributed by atoms with Gasteiger partial charge in [-0.2, -0.15) is 0 Å². The number of hydrogen-bond acceptors (Lipinski definition) is 3. The van der Waals surface area contributed by atoms with Gasteiger partial charge in [0.05, 0.1) is 4.47 Å². The van der Waals surface area contributed by atoms with E-state index < -0.39 is 0 Å². The first-order chi connectivity index (χ1) is 9.47. The zero-order valence-electron chi connectivity index (χ0n) is 11.0. The van der Waals surface area contributed by atoms with Crippen LogP contribution < -0.4 is 5.73 Å². The van der Waals surface area contributed by atoms with Crippen LogP contribution in [0.1, 0.15) is 15.9 Å². The Bertz CT molecular complexity index is 644. The second-order valence-corrected chi connectivity index (χ2v) is 5.43. The molecule has 0 aliphatic rings. The van der Waals surface area contributed by atoms with Gasteiger partial charge in [0.1, 0.15) is 5.75 Å². The molecule has 0 bridgehead atoms. The summed E-state index contributed by atoms with van der Waals surface area (Å²) < 4.78 is 0.563. The van der Waals surface area contributed by atoms with Crippen LogP contribution in [0.5, 0.6) is 5.75 Å². The zero-order valence-corrected chi connectivity index (χ0v) is 12.6. The Morgan fingerprint density at radius 1 is 1.30 bits per heavy atom. The number of phenolic OH excluding ortho intramolecular Hbond substituents is 1. The summed E-state index contributed by atoms with van der Waals surface area (Å²) >= 11 is 3.19. The van der Waals surface area contributed by atoms with Gasteiger partial charge in [-0.1, -0.05) is 12.1 Å². The van der Waals surface area contributed by atoms with Crippen molar-refractivity contribution in [2.45, 2.75) is 6.54 Å². The number of amides is 1. The fourth-order valence-electron chi connectivity index (χ4n) is 1.90. The molecule has 0 unspecified atom stereocenters. The SMILES string of the molecule is CN(Cc1cccc(N)c1)C(=O)c1ccc(Br)c(O)c1. The molecule has 0 spiro atoms. The molecule has 3 N–H and O–H groups in total. The fraction of sp³-hybridized carbons (Fsp3) is 0.133. The number of phenols is 1. The van der Waals surface area contributed by atoms with Gasteiger partial charge in [-0.25, -0.2) is 0 Å². The summed E-state index contributed by atoms with van der Waals surface area (Å²) in [5, 5.41) is 9.62. The van der Waals surface area contributed by atoms with Gasteiger partial charge in [0.15, 0.2) is 0 Å². The average molecular weight is 335 g/mol. The molecule has 0 aliphatic heterocycles. The van der Waals surface area contributed by atoms with E-state index in [1.807, 2.05) is 18.2 Å². The van der Waals surface area contributed by atoms with Gasteiger partial charge in [0.25, 0.3) is 5.91 Å². The van der Waals surface area contributed by atoms with Crippen LogP contribution in [-0.2, 0) is 6.54 Å². The third-order valence-corrected chi connectivity index (χ3v) is 3.58. The predicted octanol–water partition coefficient (Wildman–Crippen LogP) is 3.01. The molecule has 0 saturated carbocycles. The van der Waals surface area contributed by atoms with Gasteiger partial charge in [0, 0.05) is 24.8 Å². The van der Waals surface area contributed by atoms with Crippen molar-refractivity contribution in [1.29, 1.82) is 0 Å². The standard InChI is InChI=1S/C15H15BrN2O2/c1-18(9-10-3-2-4-12(17)7-10)15(20)11-5-6-13(16)14(19)8-11/h2-8,19H,9,17H2,1H3. The molecule has 104 valence electrons. The Morgan fingerprint density at radius 3 is 2.70 bits per heavy atom. The Morgan fingerprint density at radius 2 is 2.05 bits per heavy atom. The third kappa shape index (κ3) is 3.30. The number of hydrogen-bond donors (Lipinski definition) is 2. The molecule has 0 atom stereocenters. The van der Waals surface area contributed by atoms with Crippen molar-refractivity contribution < 1.29 is 9.90 Å². The van der Waals surface area contributed by atoms with E-state index in [0.717, 1.165) is 5.56 Å². The second-order valence-electron chi connectivity index (χ2n) is 4.57. The maximum Gasteiger partial charge on any atom is 0.254 e. The summed E-state index contributed by atoms with van der Waals surface area (Å²) in [7, 11) is 1.71. The summed E-state index contributed by atoms with van der Waals surface area (Å²) in [6.45, 7) is 0.459. The Labute approximate surface area is 126 Å². The minimum atomic E-state index is -0.157. The first-order valence-electron chi connectivity index (χ1n) is 6.06. The van der Waals surface area contributed by atoms with Crippen molar-refractivity contribution in [3.63, 3.8) is 0 Å². The number of carbonyl (C=O) groups excluding carboxylic acids is 1. The Hall–Kier alpha value is -2.01. The van der Waals surface area contributed by atoms with E-state index in [1.165, 1.54) is 6.07 Å². The van der Waals surface area contributed by atoms with E-state index in [4.69, 9.17) is 5.73 Å². The first kappa shape index (κ1) is 14.4. The topological polar surface area (TPSA) is 66.6 Å². The molecule has 1 amide bonds. The van der Waals surface area contributed by atoms with Crippen LogP contribution in [0.25, 0.3) is 0 Å². The van der Waals surface area contributed by atoms with Crippen molar-refractivity contribution >= 4 is 27.5 Å². The zero-order chi connectivity index (χ0) is 14.7. The number of rotatable bonds is 3. The quantitative estimate of drug-likeness (QED) is 0.848. The summed E-state index contributed by atoms with van der Waals surface area (Å²) in [5.41, 5.74) is 7.79. The molecule has 2 aromatic carbocycles. The van der Waals surface area contributed by atoms with Crippen LogP contribution in [0.4, 0.5) is 5.69 Å². The number of halogens is 1. The van der Waals surface area contributed by atoms with Crippen LogP contribution in [0.3, 0.4) is 0 Å². The molecule has 0 saturated heterocycles. The Kier molecular flexibility index (Phi) is 4.29. The Balaban J connectivity index is 2.14. The molecule has 4 nitrogen and oxygen atoms in total. The molecule has 2 aromatic rings. The van der Waals surface area contributed by atoms with Crippen molar-refractivity contribution in [1.82, 2.24) is 4.90 Å². The smallest absolute Gasteiger partial charge is 0.254 e. The van der Waals surface area contributed by atoms with Gasteiger partial charge in [-0.15, -0.1) is 0 Å². The highest BCUT2D eigenvalue weighted by Crippen LogP contribution is 2.25. The van der Waals surface area contributed by atoms with Gasteiger partial charge in [0.2, 0.25) is 0 Å². The summed E-state index contributed by atoms with van der Waals surface area (Å²) in [6.07, 6.45) is 0. The summed E-state index contributed by atoms with van der Waals surface area (Å²) in [5.74, 6) is -0.108. The number of nitrogen functional groups attached to an aromatic ring is 1. The maximum absolute atomic E-state index is 12.3. The predicted molar refractivity (Wildman–Crippen MR) is 82.5 cm³/mol. The van der Waals surface area contributed by atoms with E-state index in [2.05, 4.69) is 15.9 Å². The fourth-order valence-corrected chi connectivity index (χ4v) is 2.15. The number of aromatic hydroxyl groups is 1. The van der Waals surface area contributed by atoms with Crippen LogP contribution in [-0.4, -0.2) is 23.0 Å². The number of carbonyl (C=O) groups is 1. The largest absolute Gasteiger partial charge is 0.507 e. The van der Waals surface area contributed by atoms with E-state index in [0.29, 0.717) is 22.3 Å². The molecule has 0 aliphatic carbocycles. The highest BCUT2D eigenvalue weighted by Gasteiger charge is 2.13. The molecular formula is C15H15BrN2O2. The lowest BCUT2D eigenvalue weighted by Gasteiger charge is -2.18. The van der Waals surface area contributed by atoms with Crippen LogP contribution in [0, 0.1) is 0 Å². The van der Waals surface area contributed by atoms with E-state index >= 15 is 0 Å². The normalized spacial score (nSPS) is 10.3. The van der Waals surface area contributed by atoms with Crippen molar-refractivity contribution in [2.24, 2.45) is 0 Å². The molecular weight excluding hydrogens is 320 g/mol. The number of benzene rings is 2. The minimum absolute atomic E-state index is 0.0493. The lowest BCUT2D eigenvalue weighted by atomic mass is 10.1. The maximum atomic E-state index is 12.3. The number of nitrogens with zero attached hydrogens (tertiary/aromatic N) is 1. The monoisotopic (exact) mass is 334 g/mol. The molecule has 0 radical (unpaired) electrons. The summed E-state index contributed by atoms with van der Waals surface area (Å²) in [6, 6.07) is 12.2. The molecule has 0 aromatic heterocycles. The first-order valence-corrected chi connectivity index (χ1v) is 6.85. The third-order valence-electron chi connectivity index (χ3n) is 2.91. The molecule has 2 rings (SSSR count). The summed E-state index contributed by atoms with van der Waals surface area (Å²) in [4.78, 5) is 13.8. The van der Waals surface area contributed by atoms with Crippen LogP contribution >= 0.6 is 15.9 Å². The van der Waals surface area contributed by atoms with Gasteiger partial charge < -0.3 is 15.7 Å². The molecule has 20 heavy (non-hydrogen) atoms. The lowest BCUT2D eigenvalue weighted by Crippen LogP contribution is -2.26. The minimum Gasteiger partial charge on any atom is -0.507 e. The van der Waals surface area contributed by atoms with Gasteiger partial charge >= 0.3 is 0 Å². The highest BCUT2D eigenvalue weighted by atomic mass is 79.9. The van der Waals surface area contributed by atoms with Crippen molar-refractivity contribution in [2.75, 3.05) is 12.8 Å². The highest BCUT2D eigenvalue weighted by molar-refractivity contribution is 9.10. The molecule has 0 fully saturated rings. The van der Waals surface area contributed by atoms with Gasteiger partial charge in [-0.3, -0.25) is 4.79 Å². The second kappa shape index (κ2) is 5.96. The number of nitrogens with two attached hydrogens (primary N) is 1. The van der Waals surface area contributed by atoms with Gasteiger partial charge in [-0.05, 0) is 51.8 Å². The van der Waals surface area contributed by atoms with Crippen LogP contribution in [0.15, 0.2) is 46.9 Å². The van der Waals surface area contributed by atoms with Crippen molar-refractivity contribution in [3.05, 3.63) is 58.1 Å². The van der Waals surface area contributed by atoms with Crippen LogP contribution in [0.2, 0.25) is 0 Å². The molecule has 5 heteroatoms. The molecule has 0 heterocycles. The average Bonchev–Trinajstić information content (AvgIpc) is 2.41.